The van der Waals surface area contributed by atoms with Crippen LogP contribution >= 0.6 is 0 Å². The molecule has 0 heterocycles. The van der Waals surface area contributed by atoms with Crippen molar-refractivity contribution in [1.82, 2.24) is 0 Å². The Morgan fingerprint density at radius 3 is 1.29 bits per heavy atom. The van der Waals surface area contributed by atoms with Gasteiger partial charge in [-0.1, -0.05) is 128 Å². The molecule has 5 heteroatoms. The van der Waals surface area contributed by atoms with Gasteiger partial charge in [0.05, 0.1) is 6.61 Å². The van der Waals surface area contributed by atoms with Crippen LogP contribution in [0.2, 0.25) is 0 Å². The van der Waals surface area contributed by atoms with Gasteiger partial charge >= 0.3 is 11.9 Å². The van der Waals surface area contributed by atoms with Crippen molar-refractivity contribution < 1.29 is 24.2 Å². The highest BCUT2D eigenvalue weighted by atomic mass is 16.6. The van der Waals surface area contributed by atoms with E-state index in [1.807, 2.05) is 0 Å². The summed E-state index contributed by atoms with van der Waals surface area (Å²) in [5.41, 5.74) is 0. The van der Waals surface area contributed by atoms with Gasteiger partial charge in [-0.3, -0.25) is 9.59 Å². The molecule has 0 radical (unpaired) electrons. The summed E-state index contributed by atoms with van der Waals surface area (Å²) in [7, 11) is 0. The molecule has 0 fully saturated rings. The monoisotopic (exact) mass is 593 g/mol. The second-order valence-corrected chi connectivity index (χ2v) is 11.9. The zero-order valence-electron chi connectivity index (χ0n) is 27.8. The lowest BCUT2D eigenvalue weighted by Crippen LogP contribution is -2.28. The molecule has 1 atom stereocenters. The van der Waals surface area contributed by atoms with Crippen LogP contribution in [0, 0.1) is 0 Å². The molecular formula is C37H68O5. The van der Waals surface area contributed by atoms with Crippen molar-refractivity contribution in [3.05, 3.63) is 24.3 Å². The SMILES string of the molecule is CCCCCCC=CCCCCCCCCCC(=O)OC[C@H](CO)OC(=O)CCCCCCCC=CCCCCCC. The third-order valence-electron chi connectivity index (χ3n) is 7.72. The number of ether oxygens (including phenoxy) is 2. The average molecular weight is 593 g/mol. The molecule has 0 aromatic carbocycles. The average Bonchev–Trinajstić information content (AvgIpc) is 2.99. The van der Waals surface area contributed by atoms with Gasteiger partial charge in [-0.15, -0.1) is 0 Å². The van der Waals surface area contributed by atoms with E-state index in [-0.39, 0.29) is 25.2 Å². The Morgan fingerprint density at radius 1 is 0.524 bits per heavy atom. The first-order chi connectivity index (χ1) is 20.6. The minimum atomic E-state index is -0.772. The number of allylic oxidation sites excluding steroid dienone is 4. The number of hydrogen-bond acceptors (Lipinski definition) is 5. The van der Waals surface area contributed by atoms with Crippen molar-refractivity contribution in [1.29, 1.82) is 0 Å². The molecule has 1 N–H and O–H groups in total. The molecule has 0 spiro atoms. The highest BCUT2D eigenvalue weighted by Gasteiger charge is 2.16. The highest BCUT2D eigenvalue weighted by Crippen LogP contribution is 2.12. The molecule has 0 aliphatic heterocycles. The number of esters is 2. The van der Waals surface area contributed by atoms with Gasteiger partial charge in [-0.05, 0) is 64.2 Å². The molecule has 0 aliphatic carbocycles. The number of carbonyl (C=O) groups excluding carboxylic acids is 2. The Bertz CT molecular complexity index is 642. The van der Waals surface area contributed by atoms with Gasteiger partial charge in [0.25, 0.3) is 0 Å². The predicted octanol–water partition coefficient (Wildman–Crippen LogP) is 10.7. The lowest BCUT2D eigenvalue weighted by molar-refractivity contribution is -0.161. The van der Waals surface area contributed by atoms with Crippen LogP contribution in [0.3, 0.4) is 0 Å². The van der Waals surface area contributed by atoms with Crippen LogP contribution in [0.4, 0.5) is 0 Å². The third-order valence-corrected chi connectivity index (χ3v) is 7.72. The maximum Gasteiger partial charge on any atom is 0.306 e. The molecule has 0 saturated carbocycles. The molecule has 5 nitrogen and oxygen atoms in total. The van der Waals surface area contributed by atoms with Crippen LogP contribution in [0.5, 0.6) is 0 Å². The number of aliphatic hydroxyl groups excluding tert-OH is 1. The number of aliphatic hydroxyl groups is 1. The smallest absolute Gasteiger partial charge is 0.306 e. The Labute approximate surface area is 260 Å². The van der Waals surface area contributed by atoms with Crippen molar-refractivity contribution in [2.24, 2.45) is 0 Å². The molecule has 0 aromatic heterocycles. The topological polar surface area (TPSA) is 72.8 Å². The molecule has 0 saturated heterocycles. The number of unbranched alkanes of at least 4 members (excludes halogenated alkanes) is 20. The fourth-order valence-corrected chi connectivity index (χ4v) is 4.95. The standard InChI is InChI=1S/C37H68O5/c1-3-5-7-9-11-13-15-17-18-20-21-23-25-27-29-31-36(39)41-34-35(33-38)42-37(40)32-30-28-26-24-22-19-16-14-12-10-8-6-4-2/h13-16,35,38H,3-12,17-34H2,1-2H3/t35-/m0/s1. The predicted molar refractivity (Wildman–Crippen MR) is 178 cm³/mol. The first-order valence-corrected chi connectivity index (χ1v) is 17.9. The lowest BCUT2D eigenvalue weighted by atomic mass is 10.1. The molecule has 0 rings (SSSR count). The highest BCUT2D eigenvalue weighted by molar-refractivity contribution is 5.70. The lowest BCUT2D eigenvalue weighted by Gasteiger charge is -2.15. The fraction of sp³-hybridized carbons (Fsp3) is 0.838. The van der Waals surface area contributed by atoms with Crippen molar-refractivity contribution >= 4 is 11.9 Å². The second kappa shape index (κ2) is 33.9. The van der Waals surface area contributed by atoms with Crippen LogP contribution in [-0.4, -0.2) is 36.4 Å². The summed E-state index contributed by atoms with van der Waals surface area (Å²) in [6.45, 7) is 4.09. The number of rotatable bonds is 32. The van der Waals surface area contributed by atoms with Crippen LogP contribution in [0.25, 0.3) is 0 Å². The first-order valence-electron chi connectivity index (χ1n) is 17.9. The first kappa shape index (κ1) is 40.4. The molecular weight excluding hydrogens is 524 g/mol. The number of hydrogen-bond donors (Lipinski definition) is 1. The van der Waals surface area contributed by atoms with Gasteiger partial charge in [-0.25, -0.2) is 0 Å². The van der Waals surface area contributed by atoms with Crippen LogP contribution in [-0.2, 0) is 19.1 Å². The summed E-state index contributed by atoms with van der Waals surface area (Å²) in [6, 6.07) is 0. The van der Waals surface area contributed by atoms with E-state index in [0.717, 1.165) is 44.9 Å². The van der Waals surface area contributed by atoms with E-state index in [0.29, 0.717) is 12.8 Å². The summed E-state index contributed by atoms with van der Waals surface area (Å²) in [5.74, 6) is -0.605. The van der Waals surface area contributed by atoms with Crippen molar-refractivity contribution in [3.8, 4) is 0 Å². The Balaban J connectivity index is 3.58. The second-order valence-electron chi connectivity index (χ2n) is 11.9. The Hall–Kier alpha value is -1.62. The third kappa shape index (κ3) is 31.3. The molecule has 0 bridgehead atoms. The molecule has 246 valence electrons. The maximum absolute atomic E-state index is 12.1. The summed E-state index contributed by atoms with van der Waals surface area (Å²) < 4.78 is 10.6. The van der Waals surface area contributed by atoms with Gasteiger partial charge in [0.2, 0.25) is 0 Å². The normalized spacial score (nSPS) is 12.4. The van der Waals surface area contributed by atoms with Gasteiger partial charge in [0.15, 0.2) is 6.10 Å². The summed E-state index contributed by atoms with van der Waals surface area (Å²) in [6.07, 6.45) is 38.0. The van der Waals surface area contributed by atoms with Gasteiger partial charge in [-0.2, -0.15) is 0 Å². The van der Waals surface area contributed by atoms with Crippen molar-refractivity contribution in [3.63, 3.8) is 0 Å². The summed E-state index contributed by atoms with van der Waals surface area (Å²) in [5, 5.41) is 9.51. The van der Waals surface area contributed by atoms with Crippen LogP contribution in [0.15, 0.2) is 24.3 Å². The minimum absolute atomic E-state index is 0.0691. The van der Waals surface area contributed by atoms with E-state index in [9.17, 15) is 14.7 Å². The quantitative estimate of drug-likeness (QED) is 0.0478. The van der Waals surface area contributed by atoms with E-state index >= 15 is 0 Å². The van der Waals surface area contributed by atoms with Gasteiger partial charge in [0.1, 0.15) is 6.61 Å². The molecule has 0 unspecified atom stereocenters. The van der Waals surface area contributed by atoms with Crippen molar-refractivity contribution in [2.45, 2.75) is 187 Å². The van der Waals surface area contributed by atoms with Gasteiger partial charge < -0.3 is 14.6 Å². The van der Waals surface area contributed by atoms with E-state index in [2.05, 4.69) is 38.2 Å². The summed E-state index contributed by atoms with van der Waals surface area (Å²) in [4.78, 5) is 24.1. The molecule has 42 heavy (non-hydrogen) atoms. The number of carbonyl (C=O) groups is 2. The van der Waals surface area contributed by atoms with Crippen LogP contribution < -0.4 is 0 Å². The largest absolute Gasteiger partial charge is 0.462 e. The summed E-state index contributed by atoms with van der Waals surface area (Å²) >= 11 is 0. The minimum Gasteiger partial charge on any atom is -0.462 e. The van der Waals surface area contributed by atoms with E-state index in [1.54, 1.807) is 0 Å². The fourth-order valence-electron chi connectivity index (χ4n) is 4.95. The Kier molecular flexibility index (Phi) is 32.6. The van der Waals surface area contributed by atoms with Gasteiger partial charge in [0, 0.05) is 12.8 Å². The zero-order valence-corrected chi connectivity index (χ0v) is 27.8. The molecule has 0 aliphatic rings. The van der Waals surface area contributed by atoms with Crippen molar-refractivity contribution in [2.75, 3.05) is 13.2 Å². The van der Waals surface area contributed by atoms with E-state index < -0.39 is 6.10 Å². The zero-order chi connectivity index (χ0) is 30.8. The van der Waals surface area contributed by atoms with E-state index in [1.165, 1.54) is 109 Å². The van der Waals surface area contributed by atoms with Crippen LogP contribution in [0.1, 0.15) is 181 Å². The maximum atomic E-state index is 12.1. The molecule has 0 amide bonds. The molecule has 0 aromatic rings. The Morgan fingerprint density at radius 2 is 0.881 bits per heavy atom. The van der Waals surface area contributed by atoms with E-state index in [4.69, 9.17) is 9.47 Å².